The standard InChI is InChI=1S/C23H20N2O6S/c1-13-17(14(2)31-25-13)12-32-21-6-4-3-5-16(21)23(28)30-10-19(26)15-7-8-20-18(9-15)24-22(27)11-29-20/h3-9H,10-12H2,1-2H3,(H,24,27). The van der Waals surface area contributed by atoms with Crippen LogP contribution >= 0.6 is 11.8 Å². The fraction of sp³-hybridized carbons (Fsp3) is 0.217. The van der Waals surface area contributed by atoms with E-state index in [2.05, 4.69) is 10.5 Å². The van der Waals surface area contributed by atoms with Gasteiger partial charge in [-0.1, -0.05) is 17.3 Å². The molecule has 1 aliphatic heterocycles. The van der Waals surface area contributed by atoms with Crippen LogP contribution in [0.4, 0.5) is 5.69 Å². The lowest BCUT2D eigenvalue weighted by molar-refractivity contribution is -0.118. The normalized spacial score (nSPS) is 12.5. The van der Waals surface area contributed by atoms with Crippen LogP contribution < -0.4 is 10.1 Å². The van der Waals surface area contributed by atoms with E-state index in [1.807, 2.05) is 26.0 Å². The zero-order valence-electron chi connectivity index (χ0n) is 17.5. The van der Waals surface area contributed by atoms with E-state index in [1.165, 1.54) is 17.8 Å². The second-order valence-electron chi connectivity index (χ2n) is 7.13. The van der Waals surface area contributed by atoms with Crippen molar-refractivity contribution in [1.82, 2.24) is 5.16 Å². The molecule has 0 aliphatic carbocycles. The Hall–Kier alpha value is -3.59. The highest BCUT2D eigenvalue weighted by atomic mass is 32.2. The number of anilines is 1. The van der Waals surface area contributed by atoms with Crippen molar-refractivity contribution in [2.75, 3.05) is 18.5 Å². The number of benzene rings is 2. The molecule has 2 heterocycles. The SMILES string of the molecule is Cc1noc(C)c1CSc1ccccc1C(=O)OCC(=O)c1ccc2c(c1)NC(=O)CO2. The highest BCUT2D eigenvalue weighted by Crippen LogP contribution is 2.30. The molecule has 1 amide bonds. The molecule has 0 fully saturated rings. The van der Waals surface area contributed by atoms with Crippen molar-refractivity contribution in [3.05, 3.63) is 70.6 Å². The van der Waals surface area contributed by atoms with Crippen molar-refractivity contribution in [2.45, 2.75) is 24.5 Å². The number of aryl methyl sites for hydroxylation is 2. The number of amides is 1. The molecule has 0 radical (unpaired) electrons. The first-order chi connectivity index (χ1) is 15.4. The minimum atomic E-state index is -0.588. The summed E-state index contributed by atoms with van der Waals surface area (Å²) in [5, 5.41) is 6.60. The number of nitrogens with zero attached hydrogens (tertiary/aromatic N) is 1. The van der Waals surface area contributed by atoms with Crippen LogP contribution in [0.2, 0.25) is 0 Å². The van der Waals surface area contributed by atoms with Crippen LogP contribution in [0.5, 0.6) is 5.75 Å². The number of ether oxygens (including phenoxy) is 2. The van der Waals surface area contributed by atoms with Crippen molar-refractivity contribution in [3.63, 3.8) is 0 Å². The number of thioether (sulfide) groups is 1. The van der Waals surface area contributed by atoms with Gasteiger partial charge in [-0.25, -0.2) is 4.79 Å². The van der Waals surface area contributed by atoms with Gasteiger partial charge in [0, 0.05) is 21.8 Å². The maximum absolute atomic E-state index is 12.7. The average molecular weight is 452 g/mol. The summed E-state index contributed by atoms with van der Waals surface area (Å²) in [7, 11) is 0. The molecule has 0 spiro atoms. The summed E-state index contributed by atoms with van der Waals surface area (Å²) >= 11 is 1.47. The summed E-state index contributed by atoms with van der Waals surface area (Å²) in [5.41, 5.74) is 2.90. The number of carbonyl (C=O) groups excluding carboxylic acids is 3. The smallest absolute Gasteiger partial charge is 0.339 e. The molecule has 8 nitrogen and oxygen atoms in total. The molecule has 164 valence electrons. The summed E-state index contributed by atoms with van der Waals surface area (Å²) in [6.07, 6.45) is 0. The van der Waals surface area contributed by atoms with Crippen molar-refractivity contribution in [1.29, 1.82) is 0 Å². The number of esters is 1. The highest BCUT2D eigenvalue weighted by Gasteiger charge is 2.20. The number of hydrogen-bond donors (Lipinski definition) is 1. The van der Waals surface area contributed by atoms with Gasteiger partial charge in [0.25, 0.3) is 5.91 Å². The molecule has 0 atom stereocenters. The molecule has 1 aliphatic rings. The molecule has 0 bridgehead atoms. The van der Waals surface area contributed by atoms with Gasteiger partial charge in [-0.2, -0.15) is 0 Å². The molecule has 0 saturated carbocycles. The molecule has 1 aromatic heterocycles. The van der Waals surface area contributed by atoms with Crippen LogP contribution in [0.25, 0.3) is 0 Å². The number of rotatable bonds is 7. The largest absolute Gasteiger partial charge is 0.482 e. The third kappa shape index (κ3) is 4.67. The molecule has 9 heteroatoms. The van der Waals surface area contributed by atoms with Gasteiger partial charge < -0.3 is 19.3 Å². The fourth-order valence-corrected chi connectivity index (χ4v) is 4.36. The first-order valence-electron chi connectivity index (χ1n) is 9.83. The predicted octanol–water partition coefficient (Wildman–Crippen LogP) is 3.95. The number of Topliss-reactive ketones (excluding diaryl/α,β-unsaturated/α-hetero) is 1. The zero-order valence-corrected chi connectivity index (χ0v) is 18.3. The van der Waals surface area contributed by atoms with Gasteiger partial charge in [0.05, 0.1) is 16.9 Å². The Bertz CT molecular complexity index is 1180. The first kappa shape index (κ1) is 21.6. The fourth-order valence-electron chi connectivity index (χ4n) is 3.17. The molecule has 3 aromatic rings. The van der Waals surface area contributed by atoms with E-state index < -0.39 is 12.6 Å². The van der Waals surface area contributed by atoms with Crippen LogP contribution in [0.3, 0.4) is 0 Å². The quantitative estimate of drug-likeness (QED) is 0.326. The molecular weight excluding hydrogens is 432 g/mol. The summed E-state index contributed by atoms with van der Waals surface area (Å²) in [6, 6.07) is 11.7. The monoisotopic (exact) mass is 452 g/mol. The van der Waals surface area contributed by atoms with Crippen LogP contribution in [0.15, 0.2) is 51.9 Å². The number of fused-ring (bicyclic) bond motifs is 1. The van der Waals surface area contributed by atoms with E-state index in [9.17, 15) is 14.4 Å². The lowest BCUT2D eigenvalue weighted by Crippen LogP contribution is -2.25. The van der Waals surface area contributed by atoms with Crippen LogP contribution in [-0.4, -0.2) is 36.0 Å². The van der Waals surface area contributed by atoms with Crippen molar-refractivity contribution < 1.29 is 28.4 Å². The summed E-state index contributed by atoms with van der Waals surface area (Å²) < 4.78 is 15.8. The van der Waals surface area contributed by atoms with E-state index in [0.717, 1.165) is 21.9 Å². The van der Waals surface area contributed by atoms with Crippen LogP contribution in [0.1, 0.15) is 37.7 Å². The van der Waals surface area contributed by atoms with E-state index in [0.29, 0.717) is 28.3 Å². The van der Waals surface area contributed by atoms with Crippen molar-refractivity contribution >= 4 is 35.1 Å². The molecule has 1 N–H and O–H groups in total. The van der Waals surface area contributed by atoms with Gasteiger partial charge in [-0.3, -0.25) is 9.59 Å². The summed E-state index contributed by atoms with van der Waals surface area (Å²) in [5.74, 6) is 0.554. The van der Waals surface area contributed by atoms with E-state index in [-0.39, 0.29) is 18.3 Å². The van der Waals surface area contributed by atoms with Crippen LogP contribution in [-0.2, 0) is 15.3 Å². The molecule has 0 saturated heterocycles. The topological polar surface area (TPSA) is 108 Å². The Morgan fingerprint density at radius 2 is 2.00 bits per heavy atom. The first-order valence-corrected chi connectivity index (χ1v) is 10.8. The van der Waals surface area contributed by atoms with Crippen molar-refractivity contribution in [2.24, 2.45) is 0 Å². The van der Waals surface area contributed by atoms with Gasteiger partial charge in [0.1, 0.15) is 11.5 Å². The summed E-state index contributed by atoms with van der Waals surface area (Å²) in [6.45, 7) is 3.23. The molecule has 2 aromatic carbocycles. The Kier molecular flexibility index (Phi) is 6.27. The zero-order chi connectivity index (χ0) is 22.7. The van der Waals surface area contributed by atoms with Gasteiger partial charge in [0.15, 0.2) is 19.0 Å². The predicted molar refractivity (Wildman–Crippen MR) is 117 cm³/mol. The highest BCUT2D eigenvalue weighted by molar-refractivity contribution is 7.98. The molecule has 4 rings (SSSR count). The third-order valence-corrected chi connectivity index (χ3v) is 6.03. The Morgan fingerprint density at radius 3 is 2.78 bits per heavy atom. The van der Waals surface area contributed by atoms with Gasteiger partial charge in [-0.15, -0.1) is 11.8 Å². The second kappa shape index (κ2) is 9.27. The number of aromatic nitrogens is 1. The third-order valence-electron chi connectivity index (χ3n) is 4.93. The number of carbonyl (C=O) groups is 3. The van der Waals surface area contributed by atoms with Gasteiger partial charge in [0.2, 0.25) is 0 Å². The number of nitrogens with one attached hydrogen (secondary N) is 1. The van der Waals surface area contributed by atoms with E-state index in [4.69, 9.17) is 14.0 Å². The van der Waals surface area contributed by atoms with E-state index in [1.54, 1.807) is 24.3 Å². The van der Waals surface area contributed by atoms with Crippen molar-refractivity contribution in [3.8, 4) is 5.75 Å². The number of ketones is 1. The summed E-state index contributed by atoms with van der Waals surface area (Å²) in [4.78, 5) is 37.4. The average Bonchev–Trinajstić information content (AvgIpc) is 3.12. The Balaban J connectivity index is 1.41. The Labute approximate surface area is 188 Å². The lowest BCUT2D eigenvalue weighted by atomic mass is 10.1. The minimum absolute atomic E-state index is 0.0639. The number of hydrogen-bond acceptors (Lipinski definition) is 8. The van der Waals surface area contributed by atoms with E-state index >= 15 is 0 Å². The second-order valence-corrected chi connectivity index (χ2v) is 8.15. The molecule has 0 unspecified atom stereocenters. The maximum Gasteiger partial charge on any atom is 0.339 e. The van der Waals surface area contributed by atoms with Gasteiger partial charge >= 0.3 is 5.97 Å². The van der Waals surface area contributed by atoms with Crippen LogP contribution in [0, 0.1) is 13.8 Å². The van der Waals surface area contributed by atoms with Gasteiger partial charge in [-0.05, 0) is 44.2 Å². The minimum Gasteiger partial charge on any atom is -0.482 e. The maximum atomic E-state index is 12.7. The molecular formula is C23H20N2O6S. The Morgan fingerprint density at radius 1 is 1.19 bits per heavy atom. The lowest BCUT2D eigenvalue weighted by Gasteiger charge is -2.18. The molecule has 32 heavy (non-hydrogen) atoms.